The highest BCUT2D eigenvalue weighted by Crippen LogP contribution is 2.24. The minimum absolute atomic E-state index is 0.00532. The van der Waals surface area contributed by atoms with E-state index in [0.717, 1.165) is 11.3 Å². The Labute approximate surface area is 174 Å². The summed E-state index contributed by atoms with van der Waals surface area (Å²) in [5.74, 6) is 1.15. The zero-order valence-electron chi connectivity index (χ0n) is 18.2. The first kappa shape index (κ1) is 23.2. The van der Waals surface area contributed by atoms with Crippen LogP contribution < -0.4 is 10.6 Å². The van der Waals surface area contributed by atoms with Gasteiger partial charge in [0.05, 0.1) is 17.0 Å². The van der Waals surface area contributed by atoms with Crippen LogP contribution in [0.5, 0.6) is 0 Å². The van der Waals surface area contributed by atoms with E-state index >= 15 is 0 Å². The number of carbonyl (C=O) groups excluding carboxylic acids is 1. The highest BCUT2D eigenvalue weighted by atomic mass is 32.2. The van der Waals surface area contributed by atoms with Crippen LogP contribution >= 0.6 is 0 Å². The van der Waals surface area contributed by atoms with E-state index in [0.29, 0.717) is 44.5 Å². The second-order valence-electron chi connectivity index (χ2n) is 8.52. The molecule has 1 saturated heterocycles. The van der Waals surface area contributed by atoms with Crippen LogP contribution in [0.25, 0.3) is 0 Å². The maximum atomic E-state index is 12.3. The van der Waals surface area contributed by atoms with E-state index in [1.807, 2.05) is 49.9 Å². The number of hydrogen-bond acceptors (Lipinski definition) is 4. The van der Waals surface area contributed by atoms with Crippen molar-refractivity contribution in [1.82, 2.24) is 10.2 Å². The summed E-state index contributed by atoms with van der Waals surface area (Å²) in [5, 5.41) is 6.20. The number of sulfone groups is 1. The Bertz CT molecular complexity index is 847. The van der Waals surface area contributed by atoms with Crippen molar-refractivity contribution in [3.8, 4) is 0 Å². The number of nitrogens with zero attached hydrogens (tertiary/aromatic N) is 2. The molecule has 2 N–H and O–H groups in total. The van der Waals surface area contributed by atoms with Crippen LogP contribution in [0.1, 0.15) is 46.6 Å². The molecule has 0 bridgehead atoms. The van der Waals surface area contributed by atoms with E-state index in [1.54, 1.807) is 13.8 Å². The monoisotopic (exact) mass is 422 g/mol. The minimum atomic E-state index is -3.10. The van der Waals surface area contributed by atoms with E-state index in [4.69, 9.17) is 4.99 Å². The van der Waals surface area contributed by atoms with Crippen LogP contribution in [0.2, 0.25) is 0 Å². The number of nitrogens with one attached hydrogen (secondary N) is 2. The third-order valence-corrected chi connectivity index (χ3v) is 7.43. The van der Waals surface area contributed by atoms with Crippen LogP contribution in [0, 0.1) is 5.92 Å². The molecule has 1 aromatic carbocycles. The summed E-state index contributed by atoms with van der Waals surface area (Å²) >= 11 is 0. The van der Waals surface area contributed by atoms with Gasteiger partial charge in [0.1, 0.15) is 0 Å². The number of hydrogen-bond donors (Lipinski definition) is 2. The smallest absolute Gasteiger partial charge is 0.224 e. The molecule has 0 aliphatic carbocycles. The molecule has 1 fully saturated rings. The Morgan fingerprint density at radius 3 is 2.66 bits per heavy atom. The van der Waals surface area contributed by atoms with Crippen molar-refractivity contribution in [2.75, 3.05) is 30.7 Å². The van der Waals surface area contributed by atoms with Crippen LogP contribution in [-0.4, -0.2) is 55.3 Å². The van der Waals surface area contributed by atoms with Crippen molar-refractivity contribution in [3.63, 3.8) is 0 Å². The van der Waals surface area contributed by atoms with Gasteiger partial charge >= 0.3 is 0 Å². The summed E-state index contributed by atoms with van der Waals surface area (Å²) in [4.78, 5) is 18.7. The molecule has 2 rings (SSSR count). The standard InChI is InChI=1S/C21H34N4O3S/c1-6-22-20(25-10-11-29(27,28)21(4,5)15-25)23-14-17-8-7-9-18(13-17)24-19(26)12-16(2)3/h7-9,13,16H,6,10-12,14-15H2,1-5H3,(H,22,23)(H,24,26). The molecule has 7 nitrogen and oxygen atoms in total. The third-order valence-electron chi connectivity index (χ3n) is 4.89. The second kappa shape index (κ2) is 9.61. The fraction of sp³-hybridized carbons (Fsp3) is 0.619. The fourth-order valence-electron chi connectivity index (χ4n) is 3.25. The molecule has 29 heavy (non-hydrogen) atoms. The van der Waals surface area contributed by atoms with Crippen LogP contribution in [0.3, 0.4) is 0 Å². The molecule has 8 heteroatoms. The van der Waals surface area contributed by atoms with E-state index in [9.17, 15) is 13.2 Å². The SMILES string of the molecule is CCNC(=NCc1cccc(NC(=O)CC(C)C)c1)N1CCS(=O)(=O)C(C)(C)C1. The molecule has 0 aromatic heterocycles. The van der Waals surface area contributed by atoms with Gasteiger partial charge in [-0.25, -0.2) is 13.4 Å². The number of aliphatic imine (C=N–C) groups is 1. The van der Waals surface area contributed by atoms with Crippen molar-refractivity contribution in [1.29, 1.82) is 0 Å². The fourth-order valence-corrected chi connectivity index (χ4v) is 4.61. The average Bonchev–Trinajstić information content (AvgIpc) is 2.60. The normalized spacial score (nSPS) is 18.6. The Morgan fingerprint density at radius 2 is 2.03 bits per heavy atom. The predicted octanol–water partition coefficient (Wildman–Crippen LogP) is 2.65. The van der Waals surface area contributed by atoms with Gasteiger partial charge in [-0.05, 0) is 44.4 Å². The Hall–Kier alpha value is -2.09. The Morgan fingerprint density at radius 1 is 1.31 bits per heavy atom. The highest BCUT2D eigenvalue weighted by molar-refractivity contribution is 7.92. The van der Waals surface area contributed by atoms with Crippen LogP contribution in [-0.2, 0) is 21.2 Å². The molecule has 0 spiro atoms. The zero-order valence-corrected chi connectivity index (χ0v) is 19.0. The Balaban J connectivity index is 2.11. The van der Waals surface area contributed by atoms with E-state index in [1.165, 1.54) is 0 Å². The highest BCUT2D eigenvalue weighted by Gasteiger charge is 2.40. The molecule has 0 unspecified atom stereocenters. The van der Waals surface area contributed by atoms with Gasteiger partial charge in [-0.3, -0.25) is 4.79 Å². The molecule has 1 heterocycles. The van der Waals surface area contributed by atoms with Gasteiger partial charge in [0.2, 0.25) is 5.91 Å². The second-order valence-corrected chi connectivity index (χ2v) is 11.3. The summed E-state index contributed by atoms with van der Waals surface area (Å²) in [6.45, 7) is 11.5. The van der Waals surface area contributed by atoms with Crippen molar-refractivity contribution >= 4 is 27.4 Å². The lowest BCUT2D eigenvalue weighted by Crippen LogP contribution is -2.57. The number of rotatable bonds is 6. The van der Waals surface area contributed by atoms with Gasteiger partial charge in [0, 0.05) is 31.7 Å². The summed E-state index contributed by atoms with van der Waals surface area (Å²) in [7, 11) is -3.10. The van der Waals surface area contributed by atoms with Gasteiger partial charge in [-0.1, -0.05) is 26.0 Å². The van der Waals surface area contributed by atoms with Gasteiger partial charge in [0.15, 0.2) is 15.8 Å². The van der Waals surface area contributed by atoms with Gasteiger partial charge in [-0.15, -0.1) is 0 Å². The lowest BCUT2D eigenvalue weighted by Gasteiger charge is -2.39. The molecule has 0 radical (unpaired) electrons. The van der Waals surface area contributed by atoms with Gasteiger partial charge in [-0.2, -0.15) is 0 Å². The van der Waals surface area contributed by atoms with Crippen molar-refractivity contribution in [3.05, 3.63) is 29.8 Å². The van der Waals surface area contributed by atoms with Crippen LogP contribution in [0.4, 0.5) is 5.69 Å². The zero-order chi connectivity index (χ0) is 21.7. The molecule has 1 amide bonds. The molecule has 0 atom stereocenters. The van der Waals surface area contributed by atoms with Crippen molar-refractivity contribution in [2.24, 2.45) is 10.9 Å². The lowest BCUT2D eigenvalue weighted by atomic mass is 10.1. The summed E-state index contributed by atoms with van der Waals surface area (Å²) in [5.41, 5.74) is 1.74. The number of benzene rings is 1. The lowest BCUT2D eigenvalue weighted by molar-refractivity contribution is -0.116. The molecule has 1 aliphatic heterocycles. The van der Waals surface area contributed by atoms with Crippen molar-refractivity contribution in [2.45, 2.75) is 52.3 Å². The molecular formula is C21H34N4O3S. The number of amides is 1. The average molecular weight is 423 g/mol. The van der Waals surface area contributed by atoms with E-state index < -0.39 is 14.6 Å². The topological polar surface area (TPSA) is 90.9 Å². The maximum Gasteiger partial charge on any atom is 0.224 e. The molecular weight excluding hydrogens is 388 g/mol. The molecule has 1 aromatic rings. The van der Waals surface area contributed by atoms with Gasteiger partial charge in [0.25, 0.3) is 0 Å². The molecule has 0 saturated carbocycles. The molecule has 162 valence electrons. The van der Waals surface area contributed by atoms with Crippen molar-refractivity contribution < 1.29 is 13.2 Å². The third kappa shape index (κ3) is 6.45. The number of guanidine groups is 1. The number of carbonyl (C=O) groups is 1. The predicted molar refractivity (Wildman–Crippen MR) is 119 cm³/mol. The first-order valence-corrected chi connectivity index (χ1v) is 11.8. The first-order valence-electron chi connectivity index (χ1n) is 10.2. The number of anilines is 1. The summed E-state index contributed by atoms with van der Waals surface area (Å²) in [6, 6.07) is 7.67. The maximum absolute atomic E-state index is 12.3. The summed E-state index contributed by atoms with van der Waals surface area (Å²) in [6.07, 6.45) is 0.487. The van der Waals surface area contributed by atoms with E-state index in [-0.39, 0.29) is 11.7 Å². The quantitative estimate of drug-likeness (QED) is 0.543. The first-order chi connectivity index (χ1) is 13.5. The minimum Gasteiger partial charge on any atom is -0.357 e. The molecule has 1 aliphatic rings. The van der Waals surface area contributed by atoms with Gasteiger partial charge < -0.3 is 15.5 Å². The largest absolute Gasteiger partial charge is 0.357 e. The van der Waals surface area contributed by atoms with Crippen LogP contribution in [0.15, 0.2) is 29.3 Å². The Kier molecular flexibility index (Phi) is 7.68. The van der Waals surface area contributed by atoms with E-state index in [2.05, 4.69) is 10.6 Å². The summed E-state index contributed by atoms with van der Waals surface area (Å²) < 4.78 is 23.8.